The van der Waals surface area contributed by atoms with E-state index in [4.69, 9.17) is 5.73 Å². The van der Waals surface area contributed by atoms with E-state index in [2.05, 4.69) is 26.0 Å². The average Bonchev–Trinajstić information content (AvgIpc) is 2.81. The summed E-state index contributed by atoms with van der Waals surface area (Å²) in [4.78, 5) is 13.4. The summed E-state index contributed by atoms with van der Waals surface area (Å²) in [6.45, 7) is 4.28. The van der Waals surface area contributed by atoms with Crippen LogP contribution in [0.4, 0.5) is 0 Å². The Kier molecular flexibility index (Phi) is 3.41. The number of nitrogens with two attached hydrogens (primary N) is 1. The minimum absolute atomic E-state index is 0.00607. The highest BCUT2D eigenvalue weighted by Gasteiger charge is 2.10. The number of rotatable bonds is 3. The van der Waals surface area contributed by atoms with Crippen molar-refractivity contribution in [3.8, 4) is 10.4 Å². The molecule has 17 heavy (non-hydrogen) atoms. The molecule has 0 radical (unpaired) electrons. The summed E-state index contributed by atoms with van der Waals surface area (Å²) < 4.78 is 0. The van der Waals surface area contributed by atoms with E-state index in [1.165, 1.54) is 28.0 Å². The van der Waals surface area contributed by atoms with Crippen LogP contribution >= 0.6 is 11.3 Å². The van der Waals surface area contributed by atoms with Crippen molar-refractivity contribution >= 4 is 17.1 Å². The van der Waals surface area contributed by atoms with Crippen molar-refractivity contribution in [2.75, 3.05) is 6.54 Å². The van der Waals surface area contributed by atoms with Crippen molar-refractivity contribution in [2.45, 2.75) is 13.8 Å². The molecule has 2 N–H and O–H groups in total. The Morgan fingerprint density at radius 3 is 2.71 bits per heavy atom. The number of carbonyl (C=O) groups excluding carboxylic acids is 1. The maximum atomic E-state index is 11.5. The lowest BCUT2D eigenvalue weighted by molar-refractivity contribution is 0.100. The van der Waals surface area contributed by atoms with E-state index in [1.807, 2.05) is 18.2 Å². The second-order valence-electron chi connectivity index (χ2n) is 4.04. The van der Waals surface area contributed by atoms with Gasteiger partial charge in [0.1, 0.15) is 0 Å². The van der Waals surface area contributed by atoms with Gasteiger partial charge in [-0.1, -0.05) is 18.2 Å². The normalized spacial score (nSPS) is 10.5. The molecule has 0 unspecified atom stereocenters. The molecule has 0 fully saturated rings. The molecule has 88 valence electrons. The molecule has 0 saturated carbocycles. The number of aryl methyl sites for hydroxylation is 1. The van der Waals surface area contributed by atoms with Crippen molar-refractivity contribution in [1.82, 2.24) is 0 Å². The summed E-state index contributed by atoms with van der Waals surface area (Å²) in [7, 11) is 0. The number of carbonyl (C=O) groups is 1. The van der Waals surface area contributed by atoms with Gasteiger partial charge in [0.25, 0.3) is 0 Å². The molecular weight excluding hydrogens is 230 g/mol. The zero-order valence-electron chi connectivity index (χ0n) is 9.99. The van der Waals surface area contributed by atoms with Gasteiger partial charge >= 0.3 is 0 Å². The number of ketones is 1. The molecule has 3 heteroatoms. The SMILES string of the molecule is Cc1cccc(-c2ccc(C(=O)CN)s2)c1C. The van der Waals surface area contributed by atoms with Crippen LogP contribution in [0.1, 0.15) is 20.8 Å². The highest BCUT2D eigenvalue weighted by atomic mass is 32.1. The van der Waals surface area contributed by atoms with Crippen LogP contribution in [0.25, 0.3) is 10.4 Å². The minimum atomic E-state index is 0.00607. The molecule has 1 aromatic carbocycles. The highest BCUT2D eigenvalue weighted by molar-refractivity contribution is 7.17. The number of benzene rings is 1. The molecule has 2 nitrogen and oxygen atoms in total. The molecule has 0 aliphatic heterocycles. The third-order valence-corrected chi connectivity index (χ3v) is 4.10. The summed E-state index contributed by atoms with van der Waals surface area (Å²) >= 11 is 1.51. The van der Waals surface area contributed by atoms with Gasteiger partial charge < -0.3 is 5.73 Å². The van der Waals surface area contributed by atoms with E-state index >= 15 is 0 Å². The Bertz CT molecular complexity index is 557. The second kappa shape index (κ2) is 4.82. The molecule has 0 aliphatic carbocycles. The third-order valence-electron chi connectivity index (χ3n) is 2.94. The van der Waals surface area contributed by atoms with E-state index in [0.29, 0.717) is 0 Å². The van der Waals surface area contributed by atoms with Crippen LogP contribution < -0.4 is 5.73 Å². The fourth-order valence-corrected chi connectivity index (χ4v) is 2.79. The summed E-state index contributed by atoms with van der Waals surface area (Å²) in [6, 6.07) is 10.1. The van der Waals surface area contributed by atoms with Gasteiger partial charge in [0, 0.05) is 4.88 Å². The molecule has 1 aromatic heterocycles. The Labute approximate surface area is 105 Å². The number of hydrogen-bond acceptors (Lipinski definition) is 3. The van der Waals surface area contributed by atoms with Crippen molar-refractivity contribution in [3.05, 3.63) is 46.3 Å². The van der Waals surface area contributed by atoms with E-state index < -0.39 is 0 Å². The van der Waals surface area contributed by atoms with Crippen LogP contribution in [0.3, 0.4) is 0 Å². The van der Waals surface area contributed by atoms with Crippen LogP contribution in [-0.2, 0) is 0 Å². The van der Waals surface area contributed by atoms with Gasteiger partial charge in [0.2, 0.25) is 0 Å². The predicted octanol–water partition coefficient (Wildman–Crippen LogP) is 3.17. The maximum Gasteiger partial charge on any atom is 0.186 e. The fraction of sp³-hybridized carbons (Fsp3) is 0.214. The summed E-state index contributed by atoms with van der Waals surface area (Å²) in [5.41, 5.74) is 9.09. The van der Waals surface area contributed by atoms with Gasteiger partial charge in [-0.3, -0.25) is 4.79 Å². The number of Topliss-reactive ketones (excluding diaryl/α,β-unsaturated/α-hetero) is 1. The molecular formula is C14H15NOS. The smallest absolute Gasteiger partial charge is 0.186 e. The monoisotopic (exact) mass is 245 g/mol. The highest BCUT2D eigenvalue weighted by Crippen LogP contribution is 2.31. The van der Waals surface area contributed by atoms with Gasteiger partial charge in [0.15, 0.2) is 5.78 Å². The van der Waals surface area contributed by atoms with Crippen molar-refractivity contribution < 1.29 is 4.79 Å². The Balaban J connectivity index is 2.44. The van der Waals surface area contributed by atoms with Crippen molar-refractivity contribution in [2.24, 2.45) is 5.73 Å². The summed E-state index contributed by atoms with van der Waals surface area (Å²) in [5, 5.41) is 0. The third kappa shape index (κ3) is 2.30. The van der Waals surface area contributed by atoms with Gasteiger partial charge in [-0.2, -0.15) is 0 Å². The molecule has 0 atom stereocenters. The van der Waals surface area contributed by atoms with Crippen LogP contribution in [0.2, 0.25) is 0 Å². The molecule has 0 bridgehead atoms. The van der Waals surface area contributed by atoms with Crippen LogP contribution in [-0.4, -0.2) is 12.3 Å². The maximum absolute atomic E-state index is 11.5. The van der Waals surface area contributed by atoms with Crippen LogP contribution in [0.5, 0.6) is 0 Å². The largest absolute Gasteiger partial charge is 0.324 e. The molecule has 2 rings (SSSR count). The average molecular weight is 245 g/mol. The Hall–Kier alpha value is -1.45. The molecule has 0 saturated heterocycles. The fourth-order valence-electron chi connectivity index (χ4n) is 1.75. The zero-order valence-corrected chi connectivity index (χ0v) is 10.8. The Morgan fingerprint density at radius 2 is 2.00 bits per heavy atom. The first-order valence-corrected chi connectivity index (χ1v) is 6.35. The minimum Gasteiger partial charge on any atom is -0.324 e. The molecule has 2 aromatic rings. The van der Waals surface area contributed by atoms with Gasteiger partial charge in [-0.05, 0) is 42.7 Å². The molecule has 1 heterocycles. The van der Waals surface area contributed by atoms with Gasteiger partial charge in [-0.25, -0.2) is 0 Å². The van der Waals surface area contributed by atoms with Crippen LogP contribution in [0.15, 0.2) is 30.3 Å². The first-order chi connectivity index (χ1) is 8.13. The predicted molar refractivity (Wildman–Crippen MR) is 72.6 cm³/mol. The van der Waals surface area contributed by atoms with Crippen LogP contribution in [0, 0.1) is 13.8 Å². The molecule has 0 aliphatic rings. The van der Waals surface area contributed by atoms with E-state index in [9.17, 15) is 4.79 Å². The van der Waals surface area contributed by atoms with Crippen molar-refractivity contribution in [1.29, 1.82) is 0 Å². The summed E-state index contributed by atoms with van der Waals surface area (Å²) in [6.07, 6.45) is 0. The van der Waals surface area contributed by atoms with Gasteiger partial charge in [0.05, 0.1) is 11.4 Å². The molecule has 0 spiro atoms. The number of hydrogen-bond donors (Lipinski definition) is 1. The van der Waals surface area contributed by atoms with E-state index in [-0.39, 0.29) is 12.3 Å². The van der Waals surface area contributed by atoms with Crippen molar-refractivity contribution in [3.63, 3.8) is 0 Å². The Morgan fingerprint density at radius 1 is 1.24 bits per heavy atom. The summed E-state index contributed by atoms with van der Waals surface area (Å²) in [5.74, 6) is 0.00607. The first kappa shape index (κ1) is 12.0. The van der Waals surface area contributed by atoms with E-state index in [1.54, 1.807) is 0 Å². The lowest BCUT2D eigenvalue weighted by Crippen LogP contribution is -2.11. The second-order valence-corrected chi connectivity index (χ2v) is 5.12. The lowest BCUT2D eigenvalue weighted by atomic mass is 10.0. The quantitative estimate of drug-likeness (QED) is 0.844. The van der Waals surface area contributed by atoms with E-state index in [0.717, 1.165) is 9.75 Å². The molecule has 0 amide bonds. The topological polar surface area (TPSA) is 43.1 Å². The lowest BCUT2D eigenvalue weighted by Gasteiger charge is -2.05. The first-order valence-electron chi connectivity index (χ1n) is 5.53. The number of thiophene rings is 1. The van der Waals surface area contributed by atoms with Gasteiger partial charge in [-0.15, -0.1) is 11.3 Å². The standard InChI is InChI=1S/C14H15NOS/c1-9-4-3-5-11(10(9)2)13-6-7-14(17-13)12(16)8-15/h3-7H,8,15H2,1-2H3. The zero-order chi connectivity index (χ0) is 12.4.